The minimum atomic E-state index is -0.160. The zero-order valence-corrected chi connectivity index (χ0v) is 13.5. The molecule has 4 heteroatoms. The quantitative estimate of drug-likeness (QED) is 0.855. The number of likely N-dealkylation sites (tertiary alicyclic amines) is 2. The summed E-state index contributed by atoms with van der Waals surface area (Å²) >= 11 is 0. The van der Waals surface area contributed by atoms with Crippen molar-refractivity contribution in [2.24, 2.45) is 0 Å². The first-order valence-electron chi connectivity index (χ1n) is 8.39. The van der Waals surface area contributed by atoms with Gasteiger partial charge in [-0.1, -0.05) is 19.4 Å². The maximum Gasteiger partial charge on any atom is 0.222 e. The number of halogens is 1. The van der Waals surface area contributed by atoms with Gasteiger partial charge in [-0.2, -0.15) is 0 Å². The number of hydrogen-bond donors (Lipinski definition) is 0. The molecule has 0 bridgehead atoms. The minimum absolute atomic E-state index is 0.160. The first-order valence-corrected chi connectivity index (χ1v) is 8.39. The number of carbonyl (C=O) groups excluding carboxylic acids is 1. The number of benzene rings is 1. The van der Waals surface area contributed by atoms with Crippen molar-refractivity contribution in [1.29, 1.82) is 0 Å². The van der Waals surface area contributed by atoms with Gasteiger partial charge in [-0.15, -0.1) is 0 Å². The van der Waals surface area contributed by atoms with Crippen LogP contribution in [0.15, 0.2) is 18.2 Å². The van der Waals surface area contributed by atoms with Gasteiger partial charge in [-0.3, -0.25) is 9.69 Å². The Labute approximate surface area is 132 Å². The van der Waals surface area contributed by atoms with Gasteiger partial charge < -0.3 is 4.90 Å². The van der Waals surface area contributed by atoms with Crippen LogP contribution in [0.4, 0.5) is 4.39 Å². The number of rotatable bonds is 3. The smallest absolute Gasteiger partial charge is 0.222 e. The van der Waals surface area contributed by atoms with Gasteiger partial charge in [0.25, 0.3) is 0 Å². The lowest BCUT2D eigenvalue weighted by molar-refractivity contribution is -0.139. The lowest BCUT2D eigenvalue weighted by Gasteiger charge is -2.50. The highest BCUT2D eigenvalue weighted by atomic mass is 19.1. The molecule has 0 spiro atoms. The van der Waals surface area contributed by atoms with Crippen molar-refractivity contribution in [3.63, 3.8) is 0 Å². The molecule has 2 heterocycles. The summed E-state index contributed by atoms with van der Waals surface area (Å²) < 4.78 is 13.4. The summed E-state index contributed by atoms with van der Waals surface area (Å²) in [5, 5.41) is 0. The zero-order chi connectivity index (χ0) is 15.7. The van der Waals surface area contributed by atoms with Gasteiger partial charge in [0, 0.05) is 31.6 Å². The summed E-state index contributed by atoms with van der Waals surface area (Å²) in [4.78, 5) is 16.2. The normalized spacial score (nSPS) is 23.4. The van der Waals surface area contributed by atoms with Gasteiger partial charge in [0.1, 0.15) is 5.82 Å². The van der Waals surface area contributed by atoms with Gasteiger partial charge in [0.2, 0.25) is 5.91 Å². The van der Waals surface area contributed by atoms with E-state index in [-0.39, 0.29) is 11.7 Å². The molecule has 1 aromatic carbocycles. The van der Waals surface area contributed by atoms with Crippen molar-refractivity contribution < 1.29 is 9.18 Å². The molecule has 2 aliphatic heterocycles. The van der Waals surface area contributed by atoms with E-state index in [1.165, 1.54) is 18.4 Å². The van der Waals surface area contributed by atoms with Crippen molar-refractivity contribution in [3.05, 3.63) is 35.1 Å². The third kappa shape index (κ3) is 2.89. The standard InChI is InChI=1S/C18H25FN2O/c1-3-18(22)20-11-15(12-20)21-9-5-4-6-17(21)16-8-7-14(19)10-13(16)2/h7-8,10,15,17H,3-6,9,11-12H2,1-2H3. The predicted octanol–water partition coefficient (Wildman–Crippen LogP) is 3.28. The molecular formula is C18H25FN2O. The average molecular weight is 304 g/mol. The van der Waals surface area contributed by atoms with E-state index >= 15 is 0 Å². The number of carbonyl (C=O) groups is 1. The Morgan fingerprint density at radius 3 is 2.77 bits per heavy atom. The summed E-state index contributed by atoms with van der Waals surface area (Å²) in [6, 6.07) is 5.99. The lowest BCUT2D eigenvalue weighted by atomic mass is 9.89. The van der Waals surface area contributed by atoms with Crippen LogP contribution in [0.25, 0.3) is 0 Å². The van der Waals surface area contributed by atoms with E-state index in [1.807, 2.05) is 24.8 Å². The fraction of sp³-hybridized carbons (Fsp3) is 0.611. The highest BCUT2D eigenvalue weighted by Crippen LogP contribution is 2.36. The van der Waals surface area contributed by atoms with Crippen LogP contribution in [0.3, 0.4) is 0 Å². The molecule has 0 radical (unpaired) electrons. The van der Waals surface area contributed by atoms with Gasteiger partial charge in [0.15, 0.2) is 0 Å². The number of amides is 1. The second-order valence-corrected chi connectivity index (χ2v) is 6.56. The number of aryl methyl sites for hydroxylation is 1. The molecule has 120 valence electrons. The third-order valence-electron chi connectivity index (χ3n) is 5.12. The Kier molecular flexibility index (Phi) is 4.48. The topological polar surface area (TPSA) is 23.6 Å². The molecule has 0 aromatic heterocycles. The average Bonchev–Trinajstić information content (AvgIpc) is 2.46. The first-order chi connectivity index (χ1) is 10.6. The Morgan fingerprint density at radius 2 is 2.09 bits per heavy atom. The van der Waals surface area contributed by atoms with Crippen molar-refractivity contribution >= 4 is 5.91 Å². The minimum Gasteiger partial charge on any atom is -0.339 e. The summed E-state index contributed by atoms with van der Waals surface area (Å²) in [6.07, 6.45) is 4.16. The van der Waals surface area contributed by atoms with E-state index in [1.54, 1.807) is 12.1 Å². The van der Waals surface area contributed by atoms with Gasteiger partial charge in [0.05, 0.1) is 0 Å². The molecule has 3 nitrogen and oxygen atoms in total. The Morgan fingerprint density at radius 1 is 1.32 bits per heavy atom. The summed E-state index contributed by atoms with van der Waals surface area (Å²) in [5.74, 6) is 0.0924. The van der Waals surface area contributed by atoms with Crippen LogP contribution in [0.2, 0.25) is 0 Å². The number of piperidine rings is 1. The molecule has 22 heavy (non-hydrogen) atoms. The molecule has 2 fully saturated rings. The monoisotopic (exact) mass is 304 g/mol. The van der Waals surface area contributed by atoms with E-state index in [4.69, 9.17) is 0 Å². The zero-order valence-electron chi connectivity index (χ0n) is 13.5. The fourth-order valence-corrected chi connectivity index (χ4v) is 3.83. The van der Waals surface area contributed by atoms with Crippen LogP contribution in [0, 0.1) is 12.7 Å². The highest BCUT2D eigenvalue weighted by molar-refractivity contribution is 5.76. The van der Waals surface area contributed by atoms with Crippen molar-refractivity contribution in [3.8, 4) is 0 Å². The van der Waals surface area contributed by atoms with Crippen LogP contribution in [-0.4, -0.2) is 41.4 Å². The molecule has 3 rings (SSSR count). The van der Waals surface area contributed by atoms with Crippen LogP contribution in [0.5, 0.6) is 0 Å². The fourth-order valence-electron chi connectivity index (χ4n) is 3.83. The lowest BCUT2D eigenvalue weighted by Crippen LogP contribution is -2.62. The Hall–Kier alpha value is -1.42. The number of hydrogen-bond acceptors (Lipinski definition) is 2. The molecule has 0 N–H and O–H groups in total. The third-order valence-corrected chi connectivity index (χ3v) is 5.12. The van der Waals surface area contributed by atoms with E-state index in [9.17, 15) is 9.18 Å². The van der Waals surface area contributed by atoms with Crippen molar-refractivity contribution in [2.75, 3.05) is 19.6 Å². The molecule has 1 unspecified atom stereocenters. The molecule has 2 saturated heterocycles. The molecule has 0 saturated carbocycles. The molecule has 2 aliphatic rings. The van der Waals surface area contributed by atoms with Crippen molar-refractivity contribution in [1.82, 2.24) is 9.80 Å². The molecule has 1 atom stereocenters. The second-order valence-electron chi connectivity index (χ2n) is 6.56. The first kappa shape index (κ1) is 15.5. The molecule has 1 aromatic rings. The van der Waals surface area contributed by atoms with E-state index in [0.29, 0.717) is 18.5 Å². The predicted molar refractivity (Wildman–Crippen MR) is 85.1 cm³/mol. The Bertz CT molecular complexity index is 554. The van der Waals surface area contributed by atoms with E-state index in [2.05, 4.69) is 4.90 Å². The van der Waals surface area contributed by atoms with Gasteiger partial charge in [-0.25, -0.2) is 4.39 Å². The van der Waals surface area contributed by atoms with Gasteiger partial charge in [-0.05, 0) is 49.6 Å². The summed E-state index contributed by atoms with van der Waals surface area (Å²) in [7, 11) is 0. The second kappa shape index (κ2) is 6.37. The molecule has 1 amide bonds. The van der Waals surface area contributed by atoms with Gasteiger partial charge >= 0.3 is 0 Å². The van der Waals surface area contributed by atoms with Crippen LogP contribution in [-0.2, 0) is 4.79 Å². The molecule has 0 aliphatic carbocycles. The molecular weight excluding hydrogens is 279 g/mol. The van der Waals surface area contributed by atoms with Crippen LogP contribution in [0.1, 0.15) is 49.8 Å². The van der Waals surface area contributed by atoms with Crippen LogP contribution >= 0.6 is 0 Å². The largest absolute Gasteiger partial charge is 0.339 e. The Balaban J connectivity index is 1.74. The van der Waals surface area contributed by atoms with E-state index in [0.717, 1.165) is 31.6 Å². The van der Waals surface area contributed by atoms with E-state index < -0.39 is 0 Å². The highest BCUT2D eigenvalue weighted by Gasteiger charge is 2.38. The number of nitrogens with zero attached hydrogens (tertiary/aromatic N) is 2. The van der Waals surface area contributed by atoms with Crippen molar-refractivity contribution in [2.45, 2.75) is 51.6 Å². The maximum atomic E-state index is 13.4. The summed E-state index contributed by atoms with van der Waals surface area (Å²) in [6.45, 7) is 6.70. The SMILES string of the molecule is CCC(=O)N1CC(N2CCCCC2c2ccc(F)cc2C)C1. The summed E-state index contributed by atoms with van der Waals surface area (Å²) in [5.41, 5.74) is 2.29. The maximum absolute atomic E-state index is 13.4. The van der Waals surface area contributed by atoms with Crippen LogP contribution < -0.4 is 0 Å².